The van der Waals surface area contributed by atoms with E-state index in [1.807, 2.05) is 0 Å². The van der Waals surface area contributed by atoms with Crippen LogP contribution in [-0.2, 0) is 0 Å². The van der Waals surface area contributed by atoms with Gasteiger partial charge in [-0.05, 0) is 234 Å². The van der Waals surface area contributed by atoms with Crippen molar-refractivity contribution in [3.8, 4) is 0 Å². The maximum absolute atomic E-state index is 3.63. The lowest BCUT2D eigenvalue weighted by atomic mass is 9.52. The summed E-state index contributed by atoms with van der Waals surface area (Å²) in [6.07, 6.45) is 59.5. The number of hydrogen-bond donors (Lipinski definition) is 0. The van der Waals surface area contributed by atoms with Crippen LogP contribution in [0.3, 0.4) is 0 Å². The predicted molar refractivity (Wildman–Crippen MR) is 249 cm³/mol. The van der Waals surface area contributed by atoms with Crippen molar-refractivity contribution in [2.45, 2.75) is 256 Å². The van der Waals surface area contributed by atoms with Crippen molar-refractivity contribution in [1.82, 2.24) is 4.90 Å². The van der Waals surface area contributed by atoms with Gasteiger partial charge in [-0.25, -0.2) is 0 Å². The fourth-order valence-electron chi connectivity index (χ4n) is 24.2. The normalized spacial score (nSPS) is 55.4. The van der Waals surface area contributed by atoms with E-state index in [0.717, 1.165) is 130 Å². The lowest BCUT2D eigenvalue weighted by molar-refractivity contribution is -0.0749. The second-order valence-electron chi connectivity index (χ2n) is 26.8. The van der Waals surface area contributed by atoms with Gasteiger partial charge in [0, 0.05) is 18.1 Å². The highest BCUT2D eigenvalue weighted by atomic mass is 15.2. The van der Waals surface area contributed by atoms with Gasteiger partial charge in [0.2, 0.25) is 0 Å². The van der Waals surface area contributed by atoms with Crippen LogP contribution in [-0.4, -0.2) is 23.0 Å². The average Bonchev–Trinajstić information content (AvgIpc) is 4.07. The first kappa shape index (κ1) is 40.3. The zero-order valence-corrected chi connectivity index (χ0v) is 39.2. The van der Waals surface area contributed by atoms with Gasteiger partial charge in [0.25, 0.3) is 0 Å². The molecule has 13 aliphatic rings. The van der Waals surface area contributed by atoms with Crippen LogP contribution in [0.25, 0.3) is 0 Å². The third kappa shape index (κ3) is 6.43. The van der Waals surface area contributed by atoms with Crippen molar-refractivity contribution in [3.05, 3.63) is 0 Å². The zero-order chi connectivity index (χ0) is 39.4. The summed E-state index contributed by atoms with van der Waals surface area (Å²) in [5.41, 5.74) is 0.762. The fourth-order valence-corrected chi connectivity index (χ4v) is 24.2. The quantitative estimate of drug-likeness (QED) is 0.267. The Kier molecular flexibility index (Phi) is 11.2. The molecular weight excluding hydrogens is 723 g/mol. The van der Waals surface area contributed by atoms with Crippen LogP contribution in [0.1, 0.15) is 238 Å². The van der Waals surface area contributed by atoms with Crippen molar-refractivity contribution >= 4 is 0 Å². The highest BCUT2D eigenvalue weighted by molar-refractivity contribution is 5.20. The summed E-state index contributed by atoms with van der Waals surface area (Å²) < 4.78 is 0. The SMILES string of the molecule is C1CCC(C2CCC(N(C3CCC4C5CCCCC5C5(C6CCCCC6C6CCCCC65)C4C3)C3CCCC4C3CC3CCCC(C5CC6CCCCC6C5)C34)CC2)CC1. The van der Waals surface area contributed by atoms with E-state index in [4.69, 9.17) is 0 Å². The van der Waals surface area contributed by atoms with Gasteiger partial charge in [0.1, 0.15) is 0 Å². The highest BCUT2D eigenvalue weighted by Gasteiger charge is 2.72. The lowest BCUT2D eigenvalue weighted by Crippen LogP contribution is -2.58. The average molecular weight is 818 g/mol. The van der Waals surface area contributed by atoms with E-state index in [1.54, 1.807) is 231 Å². The maximum atomic E-state index is 3.63. The van der Waals surface area contributed by atoms with Crippen molar-refractivity contribution in [3.63, 3.8) is 0 Å². The molecule has 0 aromatic rings. The molecule has 13 saturated carbocycles. The van der Waals surface area contributed by atoms with E-state index in [9.17, 15) is 0 Å². The van der Waals surface area contributed by atoms with Gasteiger partial charge < -0.3 is 0 Å². The van der Waals surface area contributed by atoms with Gasteiger partial charge >= 0.3 is 0 Å². The van der Waals surface area contributed by atoms with Crippen LogP contribution in [0.5, 0.6) is 0 Å². The second-order valence-corrected chi connectivity index (χ2v) is 26.8. The Morgan fingerprint density at radius 2 is 0.733 bits per heavy atom. The first-order valence-corrected chi connectivity index (χ1v) is 29.5. The molecule has 0 N–H and O–H groups in total. The monoisotopic (exact) mass is 818 g/mol. The van der Waals surface area contributed by atoms with Crippen molar-refractivity contribution < 1.29 is 0 Å². The van der Waals surface area contributed by atoms with Crippen LogP contribution in [0.2, 0.25) is 0 Å². The summed E-state index contributed by atoms with van der Waals surface area (Å²) in [6.45, 7) is 0. The molecule has 60 heavy (non-hydrogen) atoms. The Balaban J connectivity index is 0.830. The summed E-state index contributed by atoms with van der Waals surface area (Å²) in [7, 11) is 0. The van der Waals surface area contributed by atoms with Crippen LogP contribution >= 0.6 is 0 Å². The number of nitrogens with zero attached hydrogens (tertiary/aromatic N) is 1. The Labute approximate surface area is 371 Å². The molecule has 0 heterocycles. The van der Waals surface area contributed by atoms with Gasteiger partial charge in [0.15, 0.2) is 0 Å². The number of hydrogen-bond acceptors (Lipinski definition) is 1. The first-order chi connectivity index (χ1) is 29.8. The minimum Gasteiger partial charge on any atom is -0.294 e. The molecule has 13 aliphatic carbocycles. The summed E-state index contributed by atoms with van der Waals surface area (Å²) in [5.74, 6) is 20.1. The summed E-state index contributed by atoms with van der Waals surface area (Å²) >= 11 is 0. The Hall–Kier alpha value is -0.0400. The molecule has 0 saturated heterocycles. The summed E-state index contributed by atoms with van der Waals surface area (Å²) in [4.78, 5) is 3.63. The van der Waals surface area contributed by atoms with Crippen molar-refractivity contribution in [1.29, 1.82) is 0 Å². The van der Waals surface area contributed by atoms with Gasteiger partial charge in [-0.3, -0.25) is 4.90 Å². The van der Waals surface area contributed by atoms with E-state index >= 15 is 0 Å². The molecule has 1 spiro atoms. The third-order valence-corrected chi connectivity index (χ3v) is 25.5. The molecule has 0 bridgehead atoms. The Bertz CT molecular complexity index is 1420. The molecule has 336 valence electrons. The van der Waals surface area contributed by atoms with Gasteiger partial charge in [0.05, 0.1) is 0 Å². The minimum absolute atomic E-state index is 0.762. The first-order valence-electron chi connectivity index (χ1n) is 29.5. The van der Waals surface area contributed by atoms with Crippen molar-refractivity contribution in [2.75, 3.05) is 0 Å². The second kappa shape index (κ2) is 16.7. The summed E-state index contributed by atoms with van der Waals surface area (Å²) in [5, 5.41) is 0. The van der Waals surface area contributed by atoms with Gasteiger partial charge in [-0.2, -0.15) is 0 Å². The topological polar surface area (TPSA) is 3.24 Å². The molecule has 1 nitrogen and oxygen atoms in total. The van der Waals surface area contributed by atoms with E-state index in [-0.39, 0.29) is 0 Å². The predicted octanol–water partition coefficient (Wildman–Crippen LogP) is 16.1. The molecule has 0 radical (unpaired) electrons. The molecule has 17 atom stereocenters. The zero-order valence-electron chi connectivity index (χ0n) is 39.2. The van der Waals surface area contributed by atoms with E-state index in [2.05, 4.69) is 4.90 Å². The Morgan fingerprint density at radius 1 is 0.250 bits per heavy atom. The molecule has 1 heteroatoms. The van der Waals surface area contributed by atoms with Gasteiger partial charge in [-0.15, -0.1) is 0 Å². The molecule has 13 fully saturated rings. The fraction of sp³-hybridized carbons (Fsp3) is 1.00. The highest BCUT2D eigenvalue weighted by Crippen LogP contribution is 2.78. The van der Waals surface area contributed by atoms with Crippen molar-refractivity contribution in [2.24, 2.45) is 112 Å². The van der Waals surface area contributed by atoms with E-state index < -0.39 is 0 Å². The molecule has 0 aromatic carbocycles. The van der Waals surface area contributed by atoms with E-state index in [1.165, 1.54) is 6.42 Å². The van der Waals surface area contributed by atoms with Crippen LogP contribution in [0, 0.1) is 112 Å². The van der Waals surface area contributed by atoms with Crippen LogP contribution in [0.15, 0.2) is 0 Å². The third-order valence-electron chi connectivity index (χ3n) is 25.5. The molecule has 0 amide bonds. The standard InChI is InChI=1S/C59H95N/c1-2-14-38(15-3-1)39-28-30-44(31-29-39)60(57-27-13-23-51-52(57)36-42-18-12-22-46(58(42)51)43-34-40-16-4-5-17-41(40)35-43)45-32-33-50-49-21-8-11-26-55(49)59(56(50)37-45)53-24-9-6-19-47(53)48-20-7-10-25-54(48)59/h38-58H,1-37H2. The summed E-state index contributed by atoms with van der Waals surface area (Å²) in [6, 6.07) is 2.82. The lowest BCUT2D eigenvalue weighted by Gasteiger charge is -2.56. The molecule has 0 aliphatic heterocycles. The maximum Gasteiger partial charge on any atom is 0.0132 e. The number of rotatable bonds is 5. The molecule has 17 unspecified atom stereocenters. The van der Waals surface area contributed by atoms with Gasteiger partial charge in [-0.1, -0.05) is 116 Å². The Morgan fingerprint density at radius 3 is 1.40 bits per heavy atom. The van der Waals surface area contributed by atoms with Crippen LogP contribution < -0.4 is 0 Å². The molecule has 0 aromatic heterocycles. The molecule has 13 rings (SSSR count). The van der Waals surface area contributed by atoms with Crippen LogP contribution in [0.4, 0.5) is 0 Å². The minimum atomic E-state index is 0.762. The number of fused-ring (bicyclic) bond motifs is 14. The molecular formula is C59H95N. The largest absolute Gasteiger partial charge is 0.294 e. The smallest absolute Gasteiger partial charge is 0.0132 e. The van der Waals surface area contributed by atoms with E-state index in [0.29, 0.717) is 0 Å².